The van der Waals surface area contributed by atoms with E-state index in [-0.39, 0.29) is 15.1 Å². The Morgan fingerprint density at radius 2 is 1.44 bits per heavy atom. The van der Waals surface area contributed by atoms with Crippen LogP contribution in [0.2, 0.25) is 0 Å². The van der Waals surface area contributed by atoms with Crippen LogP contribution >= 0.6 is 0 Å². The minimum atomic E-state index is 0.0851. The normalized spacial score (nSPS) is 5.56. The minimum absolute atomic E-state index is 0.0851. The summed E-state index contributed by atoms with van der Waals surface area (Å²) >= 11 is 0.0851. The maximum atomic E-state index is 7.56. The molecular formula is H4CoN8. The third kappa shape index (κ3) is 19.3. The molecule has 0 aliphatic rings. The molecule has 0 unspecified atom stereocenters. The van der Waals surface area contributed by atoms with E-state index in [9.17, 15) is 0 Å². The molecule has 0 aromatic rings. The summed E-state index contributed by atoms with van der Waals surface area (Å²) in [5, 5.41) is 0. The third-order valence-corrected chi connectivity index (χ3v) is 0.492. The van der Waals surface area contributed by atoms with Crippen molar-refractivity contribution in [3.8, 4) is 0 Å². The van der Waals surface area contributed by atoms with Gasteiger partial charge in [-0.3, -0.25) is 11.7 Å². The molecule has 9 heteroatoms. The van der Waals surface area contributed by atoms with Crippen molar-refractivity contribution < 1.29 is 15.1 Å². The van der Waals surface area contributed by atoms with E-state index in [4.69, 9.17) is 11.1 Å². The average Bonchev–Trinajstić information content (AvgIpc) is 1.94. The monoisotopic (exact) mass is 175 g/mol. The summed E-state index contributed by atoms with van der Waals surface area (Å²) in [7, 11) is 0. The van der Waals surface area contributed by atoms with Crippen molar-refractivity contribution in [2.75, 3.05) is 0 Å². The van der Waals surface area contributed by atoms with Gasteiger partial charge in [0.25, 0.3) is 0 Å². The van der Waals surface area contributed by atoms with Crippen LogP contribution < -0.4 is 11.7 Å². The molecule has 8 nitrogen and oxygen atoms in total. The molecule has 0 aromatic carbocycles. The number of azide groups is 1. The molecule has 0 aliphatic heterocycles. The molecule has 0 spiro atoms. The first-order valence-corrected chi connectivity index (χ1v) is 2.36. The Balaban J connectivity index is 0. The Labute approximate surface area is 56.8 Å². The van der Waals surface area contributed by atoms with Crippen molar-refractivity contribution in [2.45, 2.75) is 0 Å². The van der Waals surface area contributed by atoms with Gasteiger partial charge in [0.15, 0.2) is 0 Å². The van der Waals surface area contributed by atoms with Crippen LogP contribution in [0.5, 0.6) is 0 Å². The second kappa shape index (κ2) is 15.7. The molecule has 0 aliphatic carbocycles. The first-order valence-electron chi connectivity index (χ1n) is 1.43. The summed E-state index contributed by atoms with van der Waals surface area (Å²) in [6, 6.07) is 0. The van der Waals surface area contributed by atoms with E-state index in [1.807, 2.05) is 0 Å². The van der Waals surface area contributed by atoms with E-state index >= 15 is 0 Å². The van der Waals surface area contributed by atoms with Gasteiger partial charge in [-0.2, -0.15) is 0 Å². The van der Waals surface area contributed by atoms with Gasteiger partial charge in [-0.05, 0) is 0 Å². The fraction of sp³-hybridized carbons (Fsp3) is 0. The molecular weight excluding hydrogens is 171 g/mol. The molecule has 0 rings (SSSR count). The van der Waals surface area contributed by atoms with Crippen LogP contribution in [0.1, 0.15) is 0 Å². The summed E-state index contributed by atoms with van der Waals surface area (Å²) in [5.74, 6) is 8.00. The molecule has 0 fully saturated rings. The van der Waals surface area contributed by atoms with Gasteiger partial charge in [0.2, 0.25) is 0 Å². The molecule has 0 heterocycles. The maximum absolute atomic E-state index is 7.56. The summed E-state index contributed by atoms with van der Waals surface area (Å²) in [6.45, 7) is 0. The van der Waals surface area contributed by atoms with Crippen LogP contribution in [0.25, 0.3) is 20.9 Å². The van der Waals surface area contributed by atoms with Crippen LogP contribution in [0.3, 0.4) is 0 Å². The SMILES string of the molecule is NN.[N-]=[N+]=[N][Co][N]=[N+]=[N-]. The van der Waals surface area contributed by atoms with Crippen molar-refractivity contribution in [3.63, 3.8) is 0 Å². The van der Waals surface area contributed by atoms with Crippen molar-refractivity contribution in [1.82, 2.24) is 0 Å². The second-order valence-electron chi connectivity index (χ2n) is 0.379. The zero-order chi connectivity index (χ0) is 7.54. The Morgan fingerprint density at radius 3 is 1.67 bits per heavy atom. The van der Waals surface area contributed by atoms with Gasteiger partial charge in [0.05, 0.1) is 0 Å². The summed E-state index contributed by atoms with van der Waals surface area (Å²) in [6.07, 6.45) is 0. The molecule has 9 heavy (non-hydrogen) atoms. The number of rotatable bonds is 2. The van der Waals surface area contributed by atoms with E-state index in [2.05, 4.69) is 29.8 Å². The second-order valence-corrected chi connectivity index (χ2v) is 1.00. The van der Waals surface area contributed by atoms with Crippen LogP contribution in [0.15, 0.2) is 8.33 Å². The van der Waals surface area contributed by atoms with Crippen molar-refractivity contribution >= 4 is 0 Å². The summed E-state index contributed by atoms with van der Waals surface area (Å²) in [4.78, 5) is 4.64. The van der Waals surface area contributed by atoms with E-state index in [1.54, 1.807) is 0 Å². The molecule has 0 saturated carbocycles. The molecule has 4 N–H and O–H groups in total. The topological polar surface area (TPSA) is 150 Å². The van der Waals surface area contributed by atoms with Crippen molar-refractivity contribution in [1.29, 1.82) is 0 Å². The fourth-order valence-electron chi connectivity index (χ4n) is 0.0400. The predicted octanol–water partition coefficient (Wildman–Crippen LogP) is 0.338. The Hall–Kier alpha value is -0.954. The van der Waals surface area contributed by atoms with E-state index in [1.165, 1.54) is 0 Å². The van der Waals surface area contributed by atoms with Gasteiger partial charge in [-0.1, -0.05) is 0 Å². The number of nitrogens with zero attached hydrogens (tertiary/aromatic N) is 6. The van der Waals surface area contributed by atoms with Gasteiger partial charge < -0.3 is 0 Å². The Bertz CT molecular complexity index is 108. The van der Waals surface area contributed by atoms with Gasteiger partial charge >= 0.3 is 44.3 Å². The van der Waals surface area contributed by atoms with Crippen molar-refractivity contribution in [3.05, 3.63) is 20.9 Å². The average molecular weight is 175 g/mol. The van der Waals surface area contributed by atoms with Crippen LogP contribution in [0, 0.1) is 0 Å². The molecule has 0 saturated heterocycles. The Kier molecular flexibility index (Phi) is 19.1. The third-order valence-electron chi connectivity index (χ3n) is 0.119. The van der Waals surface area contributed by atoms with Crippen molar-refractivity contribution in [2.24, 2.45) is 20.0 Å². The molecule has 0 aromatic heterocycles. The standard InChI is InChI=1S/Co.2N3.H4N2/c;2*1-3-2;1-2/h;;;1-2H2/q+2;2*-1;. The molecule has 0 amide bonds. The number of nitrogens with two attached hydrogens (primary N) is 2. The van der Waals surface area contributed by atoms with Crippen LogP contribution in [-0.2, 0) is 15.1 Å². The first kappa shape index (κ1) is 10.9. The molecule has 53 valence electrons. The zero-order valence-corrected chi connectivity index (χ0v) is 5.21. The molecule has 0 bridgehead atoms. The first-order chi connectivity index (χ1) is 4.41. The quantitative estimate of drug-likeness (QED) is 0.204. The van der Waals surface area contributed by atoms with Gasteiger partial charge in [0, 0.05) is 0 Å². The van der Waals surface area contributed by atoms with Crippen LogP contribution in [0.4, 0.5) is 0 Å². The van der Waals surface area contributed by atoms with Gasteiger partial charge in [0.1, 0.15) is 0 Å². The van der Waals surface area contributed by atoms with Gasteiger partial charge in [-0.25, -0.2) is 0 Å². The zero-order valence-electron chi connectivity index (χ0n) is 4.17. The number of hydrogen-bond donors (Lipinski definition) is 2. The predicted molar refractivity (Wildman–Crippen MR) is 26.7 cm³/mol. The molecule has 0 radical (unpaired) electrons. The number of hydrazine groups is 1. The fourth-order valence-corrected chi connectivity index (χ4v) is 0.165. The van der Waals surface area contributed by atoms with E-state index in [0.29, 0.717) is 0 Å². The van der Waals surface area contributed by atoms with E-state index in [0.717, 1.165) is 0 Å². The van der Waals surface area contributed by atoms with Gasteiger partial charge in [-0.15, -0.1) is 0 Å². The molecule has 0 atom stereocenters. The summed E-state index contributed by atoms with van der Waals surface area (Å²) < 4.78 is 5.78. The van der Waals surface area contributed by atoms with Crippen LogP contribution in [-0.4, -0.2) is 0 Å². The Morgan fingerprint density at radius 1 is 1.11 bits per heavy atom. The summed E-state index contributed by atoms with van der Waals surface area (Å²) in [5.41, 5.74) is 15.1. The number of hydrogen-bond acceptors (Lipinski definition) is 4. The van der Waals surface area contributed by atoms with E-state index < -0.39 is 0 Å².